The van der Waals surface area contributed by atoms with Crippen molar-refractivity contribution in [2.24, 2.45) is 5.92 Å². The van der Waals surface area contributed by atoms with Gasteiger partial charge in [-0.05, 0) is 69.7 Å². The topological polar surface area (TPSA) is 82.4 Å². The number of hydrogen-bond acceptors (Lipinski definition) is 7. The second-order valence-electron chi connectivity index (χ2n) is 11.9. The Morgan fingerprint density at radius 2 is 1.85 bits per heavy atom. The van der Waals surface area contributed by atoms with Gasteiger partial charge in [-0.1, -0.05) is 18.6 Å². The van der Waals surface area contributed by atoms with E-state index in [4.69, 9.17) is 4.98 Å². The predicted octanol–water partition coefficient (Wildman–Crippen LogP) is 3.71. The van der Waals surface area contributed by atoms with E-state index in [1.807, 2.05) is 0 Å². The van der Waals surface area contributed by atoms with Crippen LogP contribution in [0.4, 0.5) is 11.5 Å². The molecule has 2 fully saturated rings. The Balaban J connectivity index is 0.978. The van der Waals surface area contributed by atoms with Gasteiger partial charge in [0.05, 0.1) is 5.92 Å². The molecule has 9 heteroatoms. The molecule has 0 aliphatic carbocycles. The van der Waals surface area contributed by atoms with Gasteiger partial charge in [0.25, 0.3) is 0 Å². The van der Waals surface area contributed by atoms with Gasteiger partial charge in [0.1, 0.15) is 12.2 Å². The molecule has 0 bridgehead atoms. The Morgan fingerprint density at radius 3 is 2.73 bits per heavy atom. The average Bonchev–Trinajstić information content (AvgIpc) is 3.17. The van der Waals surface area contributed by atoms with Crippen molar-refractivity contribution in [3.05, 3.63) is 41.5 Å². The van der Waals surface area contributed by atoms with Gasteiger partial charge in [-0.3, -0.25) is 9.69 Å². The van der Waals surface area contributed by atoms with Crippen LogP contribution < -0.4 is 15.1 Å². The third-order valence-electron chi connectivity index (χ3n) is 8.99. The second-order valence-corrected chi connectivity index (χ2v) is 11.9. The summed E-state index contributed by atoms with van der Waals surface area (Å²) in [7, 11) is 0. The van der Waals surface area contributed by atoms with E-state index in [0.29, 0.717) is 6.54 Å². The normalized spacial score (nSPS) is 20.4. The zero-order chi connectivity index (χ0) is 27.5. The number of nitrogens with one attached hydrogen (secondary N) is 1. The van der Waals surface area contributed by atoms with Crippen molar-refractivity contribution in [3.63, 3.8) is 0 Å². The summed E-state index contributed by atoms with van der Waals surface area (Å²) in [5.41, 5.74) is 5.90. The maximum Gasteiger partial charge on any atom is 0.224 e. The number of aryl methyl sites for hydroxylation is 4. The largest absolute Gasteiger partial charge is 0.369 e. The molecule has 9 nitrogen and oxygen atoms in total. The van der Waals surface area contributed by atoms with Crippen molar-refractivity contribution in [1.29, 1.82) is 0 Å². The van der Waals surface area contributed by atoms with Gasteiger partial charge in [0.15, 0.2) is 17.0 Å². The summed E-state index contributed by atoms with van der Waals surface area (Å²) in [6.07, 6.45) is 9.17. The Labute approximate surface area is 238 Å². The van der Waals surface area contributed by atoms with Gasteiger partial charge in [-0.15, -0.1) is 0 Å². The molecule has 214 valence electrons. The van der Waals surface area contributed by atoms with Crippen molar-refractivity contribution in [2.75, 3.05) is 62.2 Å². The molecule has 2 aromatic heterocycles. The second kappa shape index (κ2) is 12.1. The fourth-order valence-corrected chi connectivity index (χ4v) is 6.67. The molecule has 40 heavy (non-hydrogen) atoms. The molecule has 1 amide bonds. The number of fused-ring (bicyclic) bond motifs is 3. The third kappa shape index (κ3) is 5.80. The van der Waals surface area contributed by atoms with E-state index in [0.717, 1.165) is 101 Å². The van der Waals surface area contributed by atoms with E-state index < -0.39 is 0 Å². The number of amides is 1. The van der Waals surface area contributed by atoms with Crippen LogP contribution in [0.2, 0.25) is 0 Å². The van der Waals surface area contributed by atoms with Crippen LogP contribution in [0.3, 0.4) is 0 Å². The van der Waals surface area contributed by atoms with Gasteiger partial charge in [-0.25, -0.2) is 15.0 Å². The molecule has 0 unspecified atom stereocenters. The minimum Gasteiger partial charge on any atom is -0.369 e. The monoisotopic (exact) mass is 544 g/mol. The third-order valence-corrected chi connectivity index (χ3v) is 8.99. The highest BCUT2D eigenvalue weighted by atomic mass is 16.1. The number of piperidine rings is 1. The number of aromatic nitrogens is 4. The van der Waals surface area contributed by atoms with Gasteiger partial charge in [0.2, 0.25) is 5.91 Å². The lowest BCUT2D eigenvalue weighted by molar-refractivity contribution is -0.125. The number of benzene rings is 1. The number of nitrogens with zero attached hydrogens (tertiary/aromatic N) is 7. The van der Waals surface area contributed by atoms with E-state index >= 15 is 0 Å². The van der Waals surface area contributed by atoms with Gasteiger partial charge in [0, 0.05) is 64.5 Å². The lowest BCUT2D eigenvalue weighted by Gasteiger charge is -2.37. The molecule has 3 aliphatic heterocycles. The lowest BCUT2D eigenvalue weighted by atomic mass is 9.97. The molecular formula is C31H44N8O. The average molecular weight is 545 g/mol. The molecule has 0 radical (unpaired) electrons. The predicted molar refractivity (Wildman–Crippen MR) is 160 cm³/mol. The van der Waals surface area contributed by atoms with E-state index in [1.54, 1.807) is 6.33 Å². The zero-order valence-corrected chi connectivity index (χ0v) is 24.2. The van der Waals surface area contributed by atoms with E-state index in [2.05, 4.69) is 66.6 Å². The Morgan fingerprint density at radius 1 is 0.975 bits per heavy atom. The van der Waals surface area contributed by atoms with Crippen LogP contribution in [0.1, 0.15) is 55.5 Å². The molecular weight excluding hydrogens is 500 g/mol. The highest BCUT2D eigenvalue weighted by Crippen LogP contribution is 2.29. The maximum atomic E-state index is 13.1. The van der Waals surface area contributed by atoms with E-state index in [1.165, 1.54) is 36.1 Å². The minimum absolute atomic E-state index is 0.0136. The number of piperazine rings is 1. The first-order chi connectivity index (χ1) is 19.6. The summed E-state index contributed by atoms with van der Waals surface area (Å²) in [6.45, 7) is 13.0. The lowest BCUT2D eigenvalue weighted by Crippen LogP contribution is -2.47. The molecule has 6 rings (SSSR count). The minimum atomic E-state index is -0.0136. The first kappa shape index (κ1) is 27.0. The molecule has 0 saturated carbocycles. The molecule has 1 N–H and O–H groups in total. The molecule has 3 aromatic rings. The molecule has 0 spiro atoms. The summed E-state index contributed by atoms with van der Waals surface area (Å²) in [4.78, 5) is 34.7. The van der Waals surface area contributed by atoms with Gasteiger partial charge >= 0.3 is 0 Å². The van der Waals surface area contributed by atoms with Crippen LogP contribution in [0, 0.1) is 19.8 Å². The summed E-state index contributed by atoms with van der Waals surface area (Å²) < 4.78 is 2.28. The fraction of sp³-hybridized carbons (Fsp3) is 0.613. The standard InChI is InChI=1S/C31H44N8O/c1-23-10-11-24(2)26(20-23)37-18-16-36(17-19-37)13-7-12-32-31(40)25-8-6-14-38(21-25)29-28-30(34-22-33-29)39-15-5-3-4-9-27(39)35-28/h10-11,20,22,25H,3-9,12-19,21H2,1-2H3,(H,32,40)/t25-/m0/s1. The summed E-state index contributed by atoms with van der Waals surface area (Å²) in [6, 6.07) is 6.73. The molecule has 3 aliphatic rings. The molecule has 5 heterocycles. The van der Waals surface area contributed by atoms with Crippen molar-refractivity contribution in [1.82, 2.24) is 29.7 Å². The first-order valence-electron chi connectivity index (χ1n) is 15.3. The molecule has 1 aromatic carbocycles. The fourth-order valence-electron chi connectivity index (χ4n) is 6.67. The number of imidazole rings is 1. The summed E-state index contributed by atoms with van der Waals surface area (Å²) >= 11 is 0. The quantitative estimate of drug-likeness (QED) is 0.454. The smallest absolute Gasteiger partial charge is 0.224 e. The Hall–Kier alpha value is -3.20. The van der Waals surface area contributed by atoms with Crippen LogP contribution in [-0.2, 0) is 17.8 Å². The van der Waals surface area contributed by atoms with E-state index in [9.17, 15) is 4.79 Å². The number of carbonyl (C=O) groups excluding carboxylic acids is 1. The van der Waals surface area contributed by atoms with Crippen LogP contribution in [0.25, 0.3) is 11.2 Å². The maximum absolute atomic E-state index is 13.1. The van der Waals surface area contributed by atoms with Crippen molar-refractivity contribution in [3.8, 4) is 0 Å². The summed E-state index contributed by atoms with van der Waals surface area (Å²) in [5, 5.41) is 3.24. The van der Waals surface area contributed by atoms with Crippen molar-refractivity contribution >= 4 is 28.6 Å². The molecule has 1 atom stereocenters. The van der Waals surface area contributed by atoms with Crippen molar-refractivity contribution in [2.45, 2.75) is 65.3 Å². The van der Waals surface area contributed by atoms with Crippen LogP contribution in [0.15, 0.2) is 24.5 Å². The first-order valence-corrected chi connectivity index (χ1v) is 15.3. The Kier molecular flexibility index (Phi) is 8.18. The number of anilines is 2. The van der Waals surface area contributed by atoms with Crippen LogP contribution in [-0.4, -0.2) is 82.7 Å². The van der Waals surface area contributed by atoms with Gasteiger partial charge in [-0.2, -0.15) is 0 Å². The highest BCUT2D eigenvalue weighted by Gasteiger charge is 2.29. The SMILES string of the molecule is Cc1ccc(C)c(N2CCN(CCCNC(=O)[C@H]3CCCN(c4ncnc5c4nc4n5CCCCC4)C3)CC2)c1. The number of rotatable bonds is 7. The Bertz CT molecular complexity index is 1330. The summed E-state index contributed by atoms with van der Waals surface area (Å²) in [5.74, 6) is 2.19. The van der Waals surface area contributed by atoms with Crippen LogP contribution >= 0.6 is 0 Å². The van der Waals surface area contributed by atoms with E-state index in [-0.39, 0.29) is 11.8 Å². The number of hydrogen-bond donors (Lipinski definition) is 1. The van der Waals surface area contributed by atoms with Crippen LogP contribution in [0.5, 0.6) is 0 Å². The highest BCUT2D eigenvalue weighted by molar-refractivity contribution is 5.85. The van der Waals surface area contributed by atoms with Gasteiger partial charge < -0.3 is 19.7 Å². The molecule has 2 saturated heterocycles. The van der Waals surface area contributed by atoms with Crippen molar-refractivity contribution < 1.29 is 4.79 Å². The zero-order valence-electron chi connectivity index (χ0n) is 24.2. The number of carbonyl (C=O) groups is 1.